The molecule has 3 aromatic rings. The summed E-state index contributed by atoms with van der Waals surface area (Å²) in [7, 11) is 5.07. The summed E-state index contributed by atoms with van der Waals surface area (Å²) < 4.78 is 35.0. The predicted octanol–water partition coefficient (Wildman–Crippen LogP) is 3.28. The van der Waals surface area contributed by atoms with Crippen LogP contribution in [0, 0.1) is 23.5 Å². The second-order valence-electron chi connectivity index (χ2n) is 12.9. The van der Waals surface area contributed by atoms with E-state index in [4.69, 9.17) is 10.5 Å². The van der Waals surface area contributed by atoms with Crippen molar-refractivity contribution in [3.63, 3.8) is 0 Å². The number of hydrogen-bond donors (Lipinski definition) is 3. The second kappa shape index (κ2) is 15.1. The third-order valence-electron chi connectivity index (χ3n) is 8.58. The molecule has 4 amide bonds. The van der Waals surface area contributed by atoms with Gasteiger partial charge in [-0.2, -0.15) is 0 Å². The maximum Gasteiger partial charge on any atom is 0.331 e. The molecule has 0 radical (unpaired) electrons. The van der Waals surface area contributed by atoms with Crippen molar-refractivity contribution in [3.8, 4) is 23.3 Å². The number of likely N-dealkylation sites (N-methyl/N-ethyl adjacent to an activating group) is 2. The molecular formula is C36H40F2N8O5. The lowest BCUT2D eigenvalue weighted by Crippen LogP contribution is -2.55. The van der Waals surface area contributed by atoms with E-state index >= 15 is 4.39 Å². The number of nitrogens with zero attached hydrogens (tertiary/aromatic N) is 6. The van der Waals surface area contributed by atoms with Crippen molar-refractivity contribution in [2.75, 3.05) is 69.8 Å². The van der Waals surface area contributed by atoms with E-state index in [0.29, 0.717) is 5.56 Å². The molecular weight excluding hydrogens is 662 g/mol. The van der Waals surface area contributed by atoms with Gasteiger partial charge in [-0.3, -0.25) is 24.3 Å². The van der Waals surface area contributed by atoms with E-state index in [9.17, 15) is 23.9 Å². The van der Waals surface area contributed by atoms with Gasteiger partial charge in [-0.25, -0.2) is 18.6 Å². The normalized spacial score (nSPS) is 17.0. The van der Waals surface area contributed by atoms with Crippen LogP contribution in [0.2, 0.25) is 0 Å². The Kier molecular flexibility index (Phi) is 10.9. The fraction of sp³-hybridized carbons (Fsp3) is 0.333. The van der Waals surface area contributed by atoms with Gasteiger partial charge in [0.05, 0.1) is 11.1 Å². The van der Waals surface area contributed by atoms with Crippen molar-refractivity contribution < 1.29 is 33.0 Å². The number of pyridine rings is 1. The molecule has 13 nitrogen and oxygen atoms in total. The van der Waals surface area contributed by atoms with Crippen LogP contribution >= 0.6 is 0 Å². The van der Waals surface area contributed by atoms with E-state index in [1.165, 1.54) is 55.5 Å². The van der Waals surface area contributed by atoms with Gasteiger partial charge in [0.25, 0.3) is 5.91 Å². The molecule has 15 heteroatoms. The smallest absolute Gasteiger partial charge is 0.331 e. The molecule has 0 spiro atoms. The fourth-order valence-corrected chi connectivity index (χ4v) is 5.41. The molecule has 0 saturated carbocycles. The molecule has 0 bridgehead atoms. The standard InChI is InChI=1S/C36H40F2N8O5/c1-36(2,45-18-16-43(5)17-19-45)14-12-26-29(13-15-40-32(26)39)51-30-11-8-24(20-28(30)38)41-33(48)27-21-44(22-31(47)42(3)4)35(50)46(34(27)49)25-9-6-23(37)7-10-25/h6-11,13,15,20-21,34,49H,16-19,22H2,1-5H3,(H2,39,40)(H,41,48). The fourth-order valence-electron chi connectivity index (χ4n) is 5.41. The van der Waals surface area contributed by atoms with Crippen molar-refractivity contribution in [1.82, 2.24) is 24.6 Å². The van der Waals surface area contributed by atoms with Crippen LogP contribution in [0.25, 0.3) is 0 Å². The number of rotatable bonds is 8. The number of nitrogens with one attached hydrogen (secondary N) is 1. The lowest BCUT2D eigenvalue weighted by atomic mass is 10.0. The van der Waals surface area contributed by atoms with Gasteiger partial charge in [0.15, 0.2) is 17.8 Å². The zero-order valence-corrected chi connectivity index (χ0v) is 29.0. The highest BCUT2D eigenvalue weighted by Crippen LogP contribution is 2.32. The van der Waals surface area contributed by atoms with Crippen LogP contribution in [-0.2, 0) is 9.59 Å². The first kappa shape index (κ1) is 36.7. The Labute approximate surface area is 294 Å². The van der Waals surface area contributed by atoms with Crippen LogP contribution in [0.15, 0.2) is 66.5 Å². The number of anilines is 3. The van der Waals surface area contributed by atoms with Crippen LogP contribution in [0.3, 0.4) is 0 Å². The number of ether oxygens (including phenoxy) is 1. The first-order valence-corrected chi connectivity index (χ1v) is 16.1. The molecule has 51 heavy (non-hydrogen) atoms. The van der Waals surface area contributed by atoms with E-state index in [-0.39, 0.29) is 34.3 Å². The number of urea groups is 1. The van der Waals surface area contributed by atoms with Gasteiger partial charge >= 0.3 is 6.03 Å². The van der Waals surface area contributed by atoms with Gasteiger partial charge < -0.3 is 30.7 Å². The molecule has 1 fully saturated rings. The zero-order chi connectivity index (χ0) is 37.0. The number of carbonyl (C=O) groups is 3. The molecule has 1 aromatic heterocycles. The minimum Gasteiger partial charge on any atom is -0.453 e. The highest BCUT2D eigenvalue weighted by molar-refractivity contribution is 6.08. The number of aliphatic hydroxyl groups excluding tert-OH is 1. The minimum absolute atomic E-state index is 0.00211. The number of aliphatic hydroxyl groups is 1. The van der Waals surface area contributed by atoms with Crippen molar-refractivity contribution in [2.45, 2.75) is 25.6 Å². The van der Waals surface area contributed by atoms with Crippen molar-refractivity contribution in [2.24, 2.45) is 0 Å². The molecule has 2 aliphatic rings. The highest BCUT2D eigenvalue weighted by atomic mass is 19.1. The lowest BCUT2D eigenvalue weighted by molar-refractivity contribution is -0.129. The third kappa shape index (κ3) is 8.43. The molecule has 3 heterocycles. The van der Waals surface area contributed by atoms with E-state index in [1.807, 2.05) is 13.8 Å². The molecule has 0 aliphatic carbocycles. The summed E-state index contributed by atoms with van der Waals surface area (Å²) in [4.78, 5) is 51.0. The summed E-state index contributed by atoms with van der Waals surface area (Å²) in [5.74, 6) is 3.72. The van der Waals surface area contributed by atoms with Gasteiger partial charge in [0.1, 0.15) is 29.5 Å². The van der Waals surface area contributed by atoms with Crippen molar-refractivity contribution >= 4 is 35.0 Å². The van der Waals surface area contributed by atoms with Crippen LogP contribution in [0.1, 0.15) is 19.4 Å². The third-order valence-corrected chi connectivity index (χ3v) is 8.58. The average Bonchev–Trinajstić information content (AvgIpc) is 3.07. The molecule has 5 rings (SSSR count). The van der Waals surface area contributed by atoms with Gasteiger partial charge in [0.2, 0.25) is 5.91 Å². The van der Waals surface area contributed by atoms with Crippen LogP contribution < -0.4 is 20.7 Å². The summed E-state index contributed by atoms with van der Waals surface area (Å²) in [6, 6.07) is 9.07. The average molecular weight is 703 g/mol. The molecule has 2 aliphatic heterocycles. The summed E-state index contributed by atoms with van der Waals surface area (Å²) in [6.45, 7) is 7.15. The van der Waals surface area contributed by atoms with E-state index in [1.54, 1.807) is 0 Å². The van der Waals surface area contributed by atoms with E-state index in [0.717, 1.165) is 60.4 Å². The number of nitrogen functional groups attached to an aromatic ring is 1. The number of halogens is 2. The Morgan fingerprint density at radius 2 is 1.76 bits per heavy atom. The van der Waals surface area contributed by atoms with Gasteiger partial charge in [-0.15, -0.1) is 0 Å². The van der Waals surface area contributed by atoms with Gasteiger partial charge in [0, 0.05) is 76.2 Å². The maximum absolute atomic E-state index is 15.5. The maximum atomic E-state index is 15.5. The van der Waals surface area contributed by atoms with Crippen LogP contribution in [-0.4, -0.2) is 113 Å². The molecule has 268 valence electrons. The van der Waals surface area contributed by atoms with E-state index in [2.05, 4.69) is 39.0 Å². The van der Waals surface area contributed by atoms with E-state index < -0.39 is 47.8 Å². The van der Waals surface area contributed by atoms with Gasteiger partial charge in [-0.1, -0.05) is 11.8 Å². The number of aromatic nitrogens is 1. The number of carbonyl (C=O) groups excluding carboxylic acids is 3. The Balaban J connectivity index is 1.36. The molecule has 1 atom stereocenters. The summed E-state index contributed by atoms with van der Waals surface area (Å²) in [6.07, 6.45) is 0.657. The number of benzene rings is 2. The molecule has 4 N–H and O–H groups in total. The van der Waals surface area contributed by atoms with Gasteiger partial charge in [-0.05, 0) is 57.3 Å². The SMILES string of the molecule is CN1CCN(C(C)(C)C#Cc2c(Oc3ccc(NC(=O)C4=CN(CC(=O)N(C)C)C(=O)N(c5ccc(F)cc5)C4O)cc3F)ccnc2N)CC1. The quantitative estimate of drug-likeness (QED) is 0.301. The Morgan fingerprint density at radius 1 is 1.08 bits per heavy atom. The second-order valence-corrected chi connectivity index (χ2v) is 12.9. The monoisotopic (exact) mass is 702 g/mol. The topological polar surface area (TPSA) is 148 Å². The highest BCUT2D eigenvalue weighted by Gasteiger charge is 2.38. The first-order chi connectivity index (χ1) is 24.1. The summed E-state index contributed by atoms with van der Waals surface area (Å²) >= 11 is 0. The number of hydrogen-bond acceptors (Lipinski definition) is 9. The molecule has 2 aromatic carbocycles. The zero-order valence-electron chi connectivity index (χ0n) is 29.0. The first-order valence-electron chi connectivity index (χ1n) is 16.1. The predicted molar refractivity (Wildman–Crippen MR) is 188 cm³/mol. The number of amides is 4. The van der Waals surface area contributed by atoms with Crippen LogP contribution in [0.5, 0.6) is 11.5 Å². The lowest BCUT2D eigenvalue weighted by Gasteiger charge is -2.40. The minimum atomic E-state index is -1.82. The molecule has 1 saturated heterocycles. The van der Waals surface area contributed by atoms with Crippen LogP contribution in [0.4, 0.5) is 30.8 Å². The van der Waals surface area contributed by atoms with Crippen molar-refractivity contribution in [1.29, 1.82) is 0 Å². The Hall–Kier alpha value is -5.56. The number of nitrogens with two attached hydrogens (primary N) is 1. The largest absolute Gasteiger partial charge is 0.453 e. The Bertz CT molecular complexity index is 1900. The summed E-state index contributed by atoms with van der Waals surface area (Å²) in [5.41, 5.74) is 5.73. The number of piperazine rings is 1. The Morgan fingerprint density at radius 3 is 2.41 bits per heavy atom. The van der Waals surface area contributed by atoms with Crippen molar-refractivity contribution in [3.05, 3.63) is 83.7 Å². The molecule has 1 unspecified atom stereocenters. The summed E-state index contributed by atoms with van der Waals surface area (Å²) in [5, 5.41) is 13.7.